The highest BCUT2D eigenvalue weighted by Gasteiger charge is 2.20. The van der Waals surface area contributed by atoms with E-state index in [0.717, 1.165) is 32.9 Å². The van der Waals surface area contributed by atoms with Gasteiger partial charge in [-0.3, -0.25) is 20.4 Å². The number of aliphatic carboxylic acids is 3. The predicted octanol–water partition coefficient (Wildman–Crippen LogP) is 10.5. The van der Waals surface area contributed by atoms with Crippen LogP contribution in [0, 0.1) is 0 Å². The molecule has 0 radical (unpaired) electrons. The number of rotatable bonds is 13. The molecule has 0 saturated heterocycles. The summed E-state index contributed by atoms with van der Waals surface area (Å²) in [6.07, 6.45) is 4.63. The second kappa shape index (κ2) is 29.1. The number of carbonyl (C=O) groups excluding carboxylic acids is 2. The second-order valence-corrected chi connectivity index (χ2v) is 19.0. The fraction of sp³-hybridized carbons (Fsp3) is 0.0400. The summed E-state index contributed by atoms with van der Waals surface area (Å²) in [5, 5.41) is 41.5. The number of thiocarbonyl (C=S) groups is 2. The van der Waals surface area contributed by atoms with Crippen LogP contribution in [0.4, 0.5) is 5.13 Å². The predicted molar refractivity (Wildman–Crippen MR) is 317 cm³/mol. The molecule has 0 aliphatic heterocycles. The van der Waals surface area contributed by atoms with Crippen molar-refractivity contribution < 1.29 is 39.3 Å². The highest BCUT2D eigenvalue weighted by Crippen LogP contribution is 2.31. The zero-order chi connectivity index (χ0) is 56.3. The molecule has 0 bridgehead atoms. The third kappa shape index (κ3) is 17.0. The number of hydrogen-bond donors (Lipinski definition) is 11. The summed E-state index contributed by atoms with van der Waals surface area (Å²) in [5.74, 6) is -4.63. The number of fused-ring (bicyclic) bond motifs is 3. The van der Waals surface area contributed by atoms with Crippen molar-refractivity contribution in [3.8, 4) is 11.3 Å². The highest BCUT2D eigenvalue weighted by molar-refractivity contribution is 9.09. The van der Waals surface area contributed by atoms with E-state index in [1.165, 1.54) is 17.5 Å². The average Bonchev–Trinajstić information content (AvgIpc) is 4.26. The number of hydrazone groups is 2. The van der Waals surface area contributed by atoms with Crippen molar-refractivity contribution >= 4 is 187 Å². The molecule has 0 aliphatic rings. The van der Waals surface area contributed by atoms with Crippen LogP contribution in [0.3, 0.4) is 0 Å². The molecule has 27 heteroatoms. The number of thiazole rings is 1. The minimum Gasteiger partial charge on any atom is -0.476 e. The second-order valence-electron chi connectivity index (χ2n) is 15.0. The smallest absolute Gasteiger partial charge is 0.377 e. The lowest BCUT2D eigenvalue weighted by molar-refractivity contribution is -0.132. The standard InChI is InChI=1S/C19H12Cl2N4O2S.C11H10N4O2S.C10H7NO3.C8H5BrCl2O.C2H6N2S/c20-13-6-5-10(7-14(13)21)16-9-28-19(23-16)25-24-17(18(26)27)12-8-22-15-4-2-1-3-11(12)15;12-11(18)15-14-9(10(16)17)7-5-13-8-4-2-1-3-6(7)8;12-9(10(13)14)7-5-11-8-4-2-1-3-6(7)8;9-4-8(12)5-1-2-6(10)7(11)3-5;3-1-2(4)5/h1-9,22H,(H,23,25)(H,26,27);1-5,13H,(H,16,17)(H3,12,15,18);1-5,11H,(H,13,14);1-3H,4H2;1,3H2,(H2,4,5)/b24-17-;14-9-;;;. The quantitative estimate of drug-likeness (QED) is 0.0128. The molecule has 396 valence electrons. The van der Waals surface area contributed by atoms with Crippen LogP contribution in [-0.4, -0.2) is 98.1 Å². The molecule has 0 amide bonds. The van der Waals surface area contributed by atoms with E-state index >= 15 is 0 Å². The lowest BCUT2D eigenvalue weighted by Gasteiger charge is -2.01. The minimum absolute atomic E-state index is 0.00596. The highest BCUT2D eigenvalue weighted by atomic mass is 79.9. The van der Waals surface area contributed by atoms with Crippen LogP contribution in [0.25, 0.3) is 44.0 Å². The van der Waals surface area contributed by atoms with Gasteiger partial charge in [0.25, 0.3) is 5.78 Å². The summed E-state index contributed by atoms with van der Waals surface area (Å²) in [6, 6.07) is 31.9. The number of carboxylic acids is 3. The van der Waals surface area contributed by atoms with Gasteiger partial charge in [0.05, 0.1) is 41.7 Å². The number of nitrogens with zero attached hydrogens (tertiary/aromatic N) is 3. The van der Waals surface area contributed by atoms with Crippen LogP contribution in [0.2, 0.25) is 20.1 Å². The van der Waals surface area contributed by atoms with Crippen molar-refractivity contribution in [2.45, 2.75) is 0 Å². The maximum atomic E-state index is 11.7. The van der Waals surface area contributed by atoms with E-state index in [4.69, 9.17) is 73.8 Å². The fourth-order valence-electron chi connectivity index (χ4n) is 6.43. The Bertz CT molecular complexity index is 3710. The van der Waals surface area contributed by atoms with Crippen LogP contribution in [0.1, 0.15) is 31.8 Å². The van der Waals surface area contributed by atoms with E-state index in [1.807, 2.05) is 60.0 Å². The number of carboxylic acid groups (broad SMARTS) is 3. The molecule has 19 nitrogen and oxygen atoms in total. The summed E-state index contributed by atoms with van der Waals surface area (Å²) in [6.45, 7) is 0.315. The number of alkyl halides is 1. The van der Waals surface area contributed by atoms with E-state index in [2.05, 4.69) is 81.4 Å². The number of aromatic nitrogens is 4. The lowest BCUT2D eigenvalue weighted by Crippen LogP contribution is -2.27. The Hall–Kier alpha value is -7.58. The molecule has 9 rings (SSSR count). The van der Waals surface area contributed by atoms with Gasteiger partial charge in [-0.2, -0.15) is 10.2 Å². The first-order chi connectivity index (χ1) is 36.7. The number of anilines is 1. The Labute approximate surface area is 479 Å². The molecule has 4 heterocycles. The van der Waals surface area contributed by atoms with Crippen molar-refractivity contribution in [2.24, 2.45) is 27.4 Å². The van der Waals surface area contributed by atoms with Crippen LogP contribution >= 0.6 is 98.1 Å². The van der Waals surface area contributed by atoms with Crippen LogP contribution in [0.15, 0.2) is 143 Å². The molecule has 0 aliphatic carbocycles. The van der Waals surface area contributed by atoms with Gasteiger partial charge in [-0.1, -0.05) is 135 Å². The molecular formula is C50H40BrCl4N11O8S3. The van der Waals surface area contributed by atoms with E-state index < -0.39 is 23.7 Å². The normalized spacial score (nSPS) is 10.8. The molecule has 14 N–H and O–H groups in total. The summed E-state index contributed by atoms with van der Waals surface area (Å²) < 4.78 is 0. The molecule has 0 fully saturated rings. The van der Waals surface area contributed by atoms with Crippen LogP contribution < -0.4 is 28.1 Å². The Morgan fingerprint density at radius 2 is 1.09 bits per heavy atom. The first-order valence-electron chi connectivity index (χ1n) is 21.6. The number of halogens is 5. The zero-order valence-corrected chi connectivity index (χ0v) is 46.2. The fourth-order valence-corrected chi connectivity index (χ4v) is 8.06. The zero-order valence-electron chi connectivity index (χ0n) is 39.2. The van der Waals surface area contributed by atoms with Gasteiger partial charge in [-0.05, 0) is 60.7 Å². The molecule has 9 aromatic rings. The van der Waals surface area contributed by atoms with Gasteiger partial charge in [0.2, 0.25) is 5.13 Å². The van der Waals surface area contributed by atoms with Crippen molar-refractivity contribution in [1.82, 2.24) is 25.4 Å². The van der Waals surface area contributed by atoms with E-state index in [1.54, 1.807) is 67.0 Å². The molecular weight excluding hydrogens is 1200 g/mol. The Morgan fingerprint density at radius 1 is 0.636 bits per heavy atom. The number of H-pyrrole nitrogens is 3. The van der Waals surface area contributed by atoms with Gasteiger partial charge in [-0.15, -0.1) is 11.3 Å². The number of Topliss-reactive ketones (excluding diaryl/α,β-unsaturated/α-hetero) is 2. The van der Waals surface area contributed by atoms with Crippen LogP contribution in [-0.2, 0) is 14.4 Å². The molecule has 0 saturated carbocycles. The van der Waals surface area contributed by atoms with Crippen molar-refractivity contribution in [3.05, 3.63) is 176 Å². The Morgan fingerprint density at radius 3 is 1.53 bits per heavy atom. The molecule has 0 spiro atoms. The summed E-state index contributed by atoms with van der Waals surface area (Å²) in [7, 11) is 0. The van der Waals surface area contributed by atoms with Gasteiger partial charge >= 0.3 is 17.9 Å². The van der Waals surface area contributed by atoms with Gasteiger partial charge in [-0.25, -0.2) is 19.4 Å². The molecule has 0 unspecified atom stereocenters. The monoisotopic (exact) mass is 1240 g/mol. The van der Waals surface area contributed by atoms with E-state index in [0.29, 0.717) is 69.9 Å². The summed E-state index contributed by atoms with van der Waals surface area (Å²) in [4.78, 5) is 69.4. The van der Waals surface area contributed by atoms with Crippen molar-refractivity contribution in [1.29, 1.82) is 0 Å². The number of ketones is 2. The topological polar surface area (TPSA) is 333 Å². The van der Waals surface area contributed by atoms with Crippen LogP contribution in [0.5, 0.6) is 0 Å². The number of aromatic amines is 3. The molecule has 4 aromatic heterocycles. The first kappa shape index (κ1) is 60.3. The maximum Gasteiger partial charge on any atom is 0.377 e. The maximum absolute atomic E-state index is 11.7. The van der Waals surface area contributed by atoms with Gasteiger partial charge in [0.15, 0.2) is 22.3 Å². The van der Waals surface area contributed by atoms with Crippen molar-refractivity contribution in [3.63, 3.8) is 0 Å². The van der Waals surface area contributed by atoms with Gasteiger partial charge in [0.1, 0.15) is 0 Å². The number of nitrogens with two attached hydrogens (primary N) is 3. The minimum atomic E-state index is -1.44. The number of hydrogen-bond acceptors (Lipinski definition) is 13. The van der Waals surface area contributed by atoms with Gasteiger partial charge < -0.3 is 47.5 Å². The largest absolute Gasteiger partial charge is 0.476 e. The molecule has 77 heavy (non-hydrogen) atoms. The number of carbonyl (C=O) groups is 5. The van der Waals surface area contributed by atoms with E-state index in [9.17, 15) is 29.1 Å². The number of para-hydroxylation sites is 3. The average molecular weight is 1240 g/mol. The van der Waals surface area contributed by atoms with Gasteiger partial charge in [0, 0.05) is 85.5 Å². The molecule has 5 aromatic carbocycles. The Kier molecular flexibility index (Phi) is 22.8. The lowest BCUT2D eigenvalue weighted by atomic mass is 10.1. The third-order valence-electron chi connectivity index (χ3n) is 9.95. The number of benzene rings is 5. The Balaban J connectivity index is 0.000000193. The van der Waals surface area contributed by atoms with Crippen molar-refractivity contribution in [2.75, 3.05) is 17.3 Å². The summed E-state index contributed by atoms with van der Waals surface area (Å²) >= 11 is 36.7. The first-order valence-corrected chi connectivity index (χ1v) is 25.9. The SMILES string of the molecule is NC(=S)N/N=C(\C(=O)O)c1c[nH]c2ccccc12.NCC(N)=S.O=C(CBr)c1ccc(Cl)c(Cl)c1.O=C(O)/C(=N\Nc1nc(-c2ccc(Cl)c(Cl)c2)cs1)c1c[nH]c2ccccc12.O=C(O)C(=O)c1c[nH]c2ccccc12. The van der Waals surface area contributed by atoms with E-state index in [-0.39, 0.29) is 27.9 Å². The summed E-state index contributed by atoms with van der Waals surface area (Å²) in [5.41, 5.74) is 25.4. The molecule has 0 atom stereocenters. The third-order valence-corrected chi connectivity index (χ3v) is 12.9. The number of nitrogens with one attached hydrogen (secondary N) is 5.